The van der Waals surface area contributed by atoms with Crippen molar-refractivity contribution in [2.45, 2.75) is 44.0 Å². The molecule has 1 aliphatic heterocycles. The van der Waals surface area contributed by atoms with Gasteiger partial charge in [-0.05, 0) is 56.0 Å². The van der Waals surface area contributed by atoms with Crippen molar-refractivity contribution < 1.29 is 32.9 Å². The maximum absolute atomic E-state index is 13.8. The van der Waals surface area contributed by atoms with E-state index in [4.69, 9.17) is 38.5 Å². The van der Waals surface area contributed by atoms with Crippen molar-refractivity contribution in [2.75, 3.05) is 18.1 Å². The first-order valence-corrected chi connectivity index (χ1v) is 13.0. The molecular weight excluding hydrogens is 544 g/mol. The molecule has 3 fully saturated rings. The van der Waals surface area contributed by atoms with Gasteiger partial charge in [0.05, 0.1) is 39.6 Å². The summed E-state index contributed by atoms with van der Waals surface area (Å²) in [6.45, 7) is 0.282. The molecule has 1 heterocycles. The number of aliphatic hydroxyl groups excluding tert-OH is 1. The minimum absolute atomic E-state index is 0.0110. The van der Waals surface area contributed by atoms with Crippen LogP contribution in [0.4, 0.5) is 18.9 Å². The quantitative estimate of drug-likeness (QED) is 0.236. The molecule has 0 amide bonds. The van der Waals surface area contributed by atoms with Crippen LogP contribution in [0.5, 0.6) is 0 Å². The summed E-state index contributed by atoms with van der Waals surface area (Å²) in [4.78, 5) is 12.9. The van der Waals surface area contributed by atoms with Gasteiger partial charge in [-0.2, -0.15) is 13.2 Å². The molecule has 2 saturated carbocycles. The molecule has 6 nitrogen and oxygen atoms in total. The number of fused-ring (bicyclic) bond motifs is 2. The van der Waals surface area contributed by atoms with Gasteiger partial charge in [0, 0.05) is 41.2 Å². The van der Waals surface area contributed by atoms with E-state index in [2.05, 4.69) is 0 Å². The molecule has 5 rings (SSSR count). The van der Waals surface area contributed by atoms with Crippen LogP contribution in [-0.2, 0) is 10.9 Å². The molecule has 3 atom stereocenters. The number of hydrogen-bond acceptors (Lipinski definition) is 5. The lowest BCUT2D eigenvalue weighted by Crippen LogP contribution is -2.40. The van der Waals surface area contributed by atoms with E-state index in [1.54, 1.807) is 23.1 Å². The number of halogens is 5. The molecule has 2 bridgehead atoms. The summed E-state index contributed by atoms with van der Waals surface area (Å²) in [5.74, 6) is -1.42. The molecule has 2 unspecified atom stereocenters. The first kappa shape index (κ1) is 26.8. The zero-order chi connectivity index (χ0) is 27.4. The number of carboxylic acids is 1. The standard InChI is InChI=1S/C27H25Cl2F3N2O4/c28-19-2-1-3-20(29)23(19)24(33)17(25(35)13-4-5-13)12-38-22-10-16-8-15(22)11-34(16)21-7-6-14(26(36)37)9-18(21)27(30,31)32/h1-3,6-7,9,13,15-16,22,33,35H,4-5,8,10-12H2,(H,36,37)/b25-17-,33-24?/t15-,16?,22?/m0/s1. The van der Waals surface area contributed by atoms with E-state index in [9.17, 15) is 23.1 Å². The zero-order valence-electron chi connectivity index (χ0n) is 20.1. The van der Waals surface area contributed by atoms with Crippen LogP contribution in [0.15, 0.2) is 47.7 Å². The van der Waals surface area contributed by atoms with Gasteiger partial charge in [0.2, 0.25) is 0 Å². The van der Waals surface area contributed by atoms with E-state index in [-0.39, 0.29) is 57.8 Å². The lowest BCUT2D eigenvalue weighted by atomic mass is 9.99. The van der Waals surface area contributed by atoms with Crippen LogP contribution in [0.25, 0.3) is 0 Å². The normalized spacial score (nSPS) is 23.5. The Kier molecular flexibility index (Phi) is 7.13. The number of nitrogens with one attached hydrogen (secondary N) is 1. The highest BCUT2D eigenvalue weighted by Gasteiger charge is 2.48. The number of carboxylic acid groups (broad SMARTS) is 1. The van der Waals surface area contributed by atoms with Crippen LogP contribution in [0.3, 0.4) is 0 Å². The summed E-state index contributed by atoms with van der Waals surface area (Å²) in [5.41, 5.74) is -0.802. The van der Waals surface area contributed by atoms with Crippen LogP contribution in [-0.4, -0.2) is 47.2 Å². The molecule has 3 N–H and O–H groups in total. The van der Waals surface area contributed by atoms with Crippen LogP contribution >= 0.6 is 23.2 Å². The largest absolute Gasteiger partial charge is 0.512 e. The Morgan fingerprint density at radius 2 is 1.79 bits per heavy atom. The zero-order valence-corrected chi connectivity index (χ0v) is 21.6. The van der Waals surface area contributed by atoms with E-state index in [1.807, 2.05) is 0 Å². The fourth-order valence-electron chi connectivity index (χ4n) is 5.51. The van der Waals surface area contributed by atoms with Crippen LogP contribution < -0.4 is 4.90 Å². The molecule has 38 heavy (non-hydrogen) atoms. The Morgan fingerprint density at radius 3 is 2.34 bits per heavy atom. The molecule has 2 aromatic rings. The number of alkyl halides is 3. The van der Waals surface area contributed by atoms with Gasteiger partial charge in [-0.25, -0.2) is 4.79 Å². The third-order valence-corrected chi connectivity index (χ3v) is 8.19. The van der Waals surface area contributed by atoms with E-state index >= 15 is 0 Å². The summed E-state index contributed by atoms with van der Waals surface area (Å²) >= 11 is 12.6. The number of hydrogen-bond donors (Lipinski definition) is 3. The second-order valence-corrected chi connectivity index (χ2v) is 10.8. The highest BCUT2D eigenvalue weighted by Crippen LogP contribution is 2.46. The average Bonchev–Trinajstić information content (AvgIpc) is 3.52. The molecule has 2 aromatic carbocycles. The second kappa shape index (κ2) is 10.1. The summed E-state index contributed by atoms with van der Waals surface area (Å²) < 4.78 is 47.5. The number of benzene rings is 2. The van der Waals surface area contributed by atoms with Gasteiger partial charge in [0.1, 0.15) is 5.76 Å². The van der Waals surface area contributed by atoms with E-state index in [0.717, 1.165) is 12.8 Å². The first-order chi connectivity index (χ1) is 18.0. The third kappa shape index (κ3) is 5.11. The lowest BCUT2D eigenvalue weighted by molar-refractivity contribution is -0.137. The predicted octanol–water partition coefficient (Wildman–Crippen LogP) is 6.98. The van der Waals surface area contributed by atoms with Crippen molar-refractivity contribution in [2.24, 2.45) is 11.8 Å². The Hall–Kier alpha value is -2.75. The van der Waals surface area contributed by atoms with Crippen molar-refractivity contribution >= 4 is 40.6 Å². The maximum Gasteiger partial charge on any atom is 0.418 e. The number of rotatable bonds is 8. The highest BCUT2D eigenvalue weighted by molar-refractivity contribution is 6.41. The average molecular weight is 569 g/mol. The number of allylic oxidation sites excluding steroid dienone is 1. The Morgan fingerprint density at radius 1 is 1.11 bits per heavy atom. The number of carbonyl (C=O) groups is 1. The Labute approximate surface area is 227 Å². The van der Waals surface area contributed by atoms with Gasteiger partial charge in [-0.3, -0.25) is 5.41 Å². The van der Waals surface area contributed by atoms with E-state index < -0.39 is 23.3 Å². The number of anilines is 1. The lowest BCUT2D eigenvalue weighted by Gasteiger charge is -2.35. The van der Waals surface area contributed by atoms with E-state index in [0.29, 0.717) is 36.6 Å². The summed E-state index contributed by atoms with van der Waals surface area (Å²) in [6.07, 6.45) is -2.24. The third-order valence-electron chi connectivity index (χ3n) is 7.56. The molecule has 3 aliphatic rings. The van der Waals surface area contributed by atoms with Gasteiger partial charge in [-0.1, -0.05) is 29.3 Å². The van der Waals surface area contributed by atoms with Crippen LogP contribution in [0.2, 0.25) is 10.0 Å². The number of aliphatic hydroxyl groups is 1. The predicted molar refractivity (Wildman–Crippen MR) is 138 cm³/mol. The molecule has 0 spiro atoms. The second-order valence-electron chi connectivity index (χ2n) is 10.0. The minimum atomic E-state index is -4.70. The van der Waals surface area contributed by atoms with Gasteiger partial charge in [0.15, 0.2) is 0 Å². The van der Waals surface area contributed by atoms with Crippen molar-refractivity contribution in [3.05, 3.63) is 74.5 Å². The van der Waals surface area contributed by atoms with E-state index in [1.165, 1.54) is 12.1 Å². The molecule has 202 valence electrons. The number of nitrogens with zero attached hydrogens (tertiary/aromatic N) is 1. The first-order valence-electron chi connectivity index (χ1n) is 12.2. The molecule has 0 aromatic heterocycles. The molecular formula is C27H25Cl2F3N2O4. The Bertz CT molecular complexity index is 1310. The summed E-state index contributed by atoms with van der Waals surface area (Å²) in [6, 6.07) is 7.80. The monoisotopic (exact) mass is 568 g/mol. The van der Waals surface area contributed by atoms with Gasteiger partial charge < -0.3 is 19.8 Å². The Balaban J connectivity index is 1.32. The number of ether oxygens (including phenoxy) is 1. The van der Waals surface area contributed by atoms with Crippen LogP contribution in [0, 0.1) is 17.2 Å². The van der Waals surface area contributed by atoms with Crippen molar-refractivity contribution in [3.8, 4) is 0 Å². The van der Waals surface area contributed by atoms with Crippen molar-refractivity contribution in [3.63, 3.8) is 0 Å². The fraction of sp³-hybridized carbons (Fsp3) is 0.407. The van der Waals surface area contributed by atoms with Gasteiger partial charge in [-0.15, -0.1) is 0 Å². The topological polar surface area (TPSA) is 93.9 Å². The van der Waals surface area contributed by atoms with Crippen molar-refractivity contribution in [1.82, 2.24) is 0 Å². The number of aromatic carboxylic acids is 1. The fourth-order valence-corrected chi connectivity index (χ4v) is 6.09. The molecule has 0 radical (unpaired) electrons. The molecule has 11 heteroatoms. The minimum Gasteiger partial charge on any atom is -0.512 e. The summed E-state index contributed by atoms with van der Waals surface area (Å²) in [5, 5.41) is 29.3. The van der Waals surface area contributed by atoms with Crippen molar-refractivity contribution in [1.29, 1.82) is 5.41 Å². The van der Waals surface area contributed by atoms with Crippen LogP contribution in [0.1, 0.15) is 47.2 Å². The van der Waals surface area contributed by atoms with Gasteiger partial charge >= 0.3 is 12.1 Å². The van der Waals surface area contributed by atoms with Gasteiger partial charge in [0.25, 0.3) is 0 Å². The smallest absolute Gasteiger partial charge is 0.418 e. The SMILES string of the molecule is N=C(/C(COC1CC2C[C@H]1CN2c1ccc(C(=O)O)cc1C(F)(F)F)=C(\O)C1CC1)c1c(Cl)cccc1Cl. The molecule has 1 saturated heterocycles. The maximum atomic E-state index is 13.8. The highest BCUT2D eigenvalue weighted by atomic mass is 35.5. The summed E-state index contributed by atoms with van der Waals surface area (Å²) in [7, 11) is 0. The molecule has 2 aliphatic carbocycles. The number of piperidine rings is 1.